The molecule has 0 aromatic heterocycles. The highest BCUT2D eigenvalue weighted by Crippen LogP contribution is 2.34. The molecule has 0 saturated carbocycles. The zero-order chi connectivity index (χ0) is 19.5. The number of hydrogen-bond donors (Lipinski definition) is 1. The molecule has 0 unspecified atom stereocenters. The van der Waals surface area contributed by atoms with Gasteiger partial charge in [-0.2, -0.15) is 0 Å². The van der Waals surface area contributed by atoms with E-state index in [9.17, 15) is 4.79 Å². The van der Waals surface area contributed by atoms with Gasteiger partial charge in [0.05, 0.1) is 6.04 Å². The number of fused-ring (bicyclic) bond motifs is 1. The standard InChI is InChI=1S/C22H27N3O3/c1-16-4-3-5-18(12-16)14-24-8-10-25(11-9-24)17(2)22(26)23-19-6-7-20-21(13-19)28-15-27-20/h3-7,12-13,17H,8-11,14-15H2,1-2H3,(H,23,26)/t17-/m1/s1. The van der Waals surface area contributed by atoms with Gasteiger partial charge in [0.1, 0.15) is 0 Å². The fourth-order valence-corrected chi connectivity index (χ4v) is 3.76. The minimum absolute atomic E-state index is 0.00556. The zero-order valence-electron chi connectivity index (χ0n) is 16.5. The number of amides is 1. The van der Waals surface area contributed by atoms with E-state index in [1.165, 1.54) is 11.1 Å². The minimum Gasteiger partial charge on any atom is -0.454 e. The summed E-state index contributed by atoms with van der Waals surface area (Å²) in [5.41, 5.74) is 3.38. The molecule has 4 rings (SSSR count). The van der Waals surface area contributed by atoms with E-state index >= 15 is 0 Å². The van der Waals surface area contributed by atoms with Gasteiger partial charge in [-0.15, -0.1) is 0 Å². The average Bonchev–Trinajstić information content (AvgIpc) is 3.16. The van der Waals surface area contributed by atoms with Crippen molar-refractivity contribution in [3.8, 4) is 11.5 Å². The number of anilines is 1. The molecule has 148 valence electrons. The molecule has 1 atom stereocenters. The lowest BCUT2D eigenvalue weighted by atomic mass is 10.1. The van der Waals surface area contributed by atoms with Crippen LogP contribution in [0.1, 0.15) is 18.1 Å². The normalized spacial score (nSPS) is 18.1. The molecular formula is C22H27N3O3. The Hall–Kier alpha value is -2.57. The predicted octanol–water partition coefficient (Wildman–Crippen LogP) is 2.87. The van der Waals surface area contributed by atoms with Crippen LogP contribution in [-0.2, 0) is 11.3 Å². The van der Waals surface area contributed by atoms with Gasteiger partial charge in [0.15, 0.2) is 11.5 Å². The highest BCUT2D eigenvalue weighted by Gasteiger charge is 2.26. The summed E-state index contributed by atoms with van der Waals surface area (Å²) in [6.07, 6.45) is 0. The van der Waals surface area contributed by atoms with E-state index in [-0.39, 0.29) is 18.7 Å². The molecule has 6 heteroatoms. The monoisotopic (exact) mass is 381 g/mol. The van der Waals surface area contributed by atoms with Crippen molar-refractivity contribution in [3.63, 3.8) is 0 Å². The Morgan fingerprint density at radius 2 is 1.86 bits per heavy atom. The molecule has 0 spiro atoms. The van der Waals surface area contributed by atoms with Gasteiger partial charge in [0, 0.05) is 44.5 Å². The summed E-state index contributed by atoms with van der Waals surface area (Å²) >= 11 is 0. The second kappa shape index (κ2) is 8.20. The summed E-state index contributed by atoms with van der Waals surface area (Å²) in [5, 5.41) is 3.00. The highest BCUT2D eigenvalue weighted by molar-refractivity contribution is 5.94. The van der Waals surface area contributed by atoms with Crippen LogP contribution in [0.5, 0.6) is 11.5 Å². The number of carbonyl (C=O) groups is 1. The van der Waals surface area contributed by atoms with Gasteiger partial charge in [0.25, 0.3) is 0 Å². The molecule has 28 heavy (non-hydrogen) atoms. The maximum absolute atomic E-state index is 12.7. The molecule has 2 heterocycles. The third kappa shape index (κ3) is 4.29. The van der Waals surface area contributed by atoms with Gasteiger partial charge < -0.3 is 14.8 Å². The first-order valence-corrected chi connectivity index (χ1v) is 9.81. The van der Waals surface area contributed by atoms with Crippen molar-refractivity contribution < 1.29 is 14.3 Å². The second-order valence-corrected chi connectivity index (χ2v) is 7.53. The Morgan fingerprint density at radius 3 is 2.64 bits per heavy atom. The lowest BCUT2D eigenvalue weighted by Crippen LogP contribution is -2.52. The number of nitrogens with zero attached hydrogens (tertiary/aromatic N) is 2. The van der Waals surface area contributed by atoms with Crippen molar-refractivity contribution in [3.05, 3.63) is 53.6 Å². The molecule has 1 amide bonds. The van der Waals surface area contributed by atoms with Crippen LogP contribution >= 0.6 is 0 Å². The number of ether oxygens (including phenoxy) is 2. The molecule has 2 aromatic rings. The molecule has 1 fully saturated rings. The van der Waals surface area contributed by atoms with Crippen LogP contribution in [0.4, 0.5) is 5.69 Å². The number of hydrogen-bond acceptors (Lipinski definition) is 5. The molecule has 1 N–H and O–H groups in total. The maximum Gasteiger partial charge on any atom is 0.241 e. The summed E-state index contributed by atoms with van der Waals surface area (Å²) < 4.78 is 10.7. The van der Waals surface area contributed by atoms with Crippen LogP contribution in [0.3, 0.4) is 0 Å². The third-order valence-corrected chi connectivity index (χ3v) is 5.46. The fourth-order valence-electron chi connectivity index (χ4n) is 3.76. The molecule has 0 bridgehead atoms. The summed E-state index contributed by atoms with van der Waals surface area (Å²) in [4.78, 5) is 17.4. The molecule has 0 aliphatic carbocycles. The lowest BCUT2D eigenvalue weighted by Gasteiger charge is -2.37. The quantitative estimate of drug-likeness (QED) is 0.863. The number of nitrogens with one attached hydrogen (secondary N) is 1. The van der Waals surface area contributed by atoms with Crippen LogP contribution in [0, 0.1) is 6.92 Å². The lowest BCUT2D eigenvalue weighted by molar-refractivity contribution is -0.121. The Balaban J connectivity index is 1.28. The molecule has 6 nitrogen and oxygen atoms in total. The van der Waals surface area contributed by atoms with Gasteiger partial charge >= 0.3 is 0 Å². The fraction of sp³-hybridized carbons (Fsp3) is 0.409. The van der Waals surface area contributed by atoms with Crippen LogP contribution < -0.4 is 14.8 Å². The van der Waals surface area contributed by atoms with Gasteiger partial charge in [-0.25, -0.2) is 0 Å². The summed E-state index contributed by atoms with van der Waals surface area (Å²) in [7, 11) is 0. The number of benzene rings is 2. The van der Waals surface area contributed by atoms with Crippen LogP contribution in [0.15, 0.2) is 42.5 Å². The van der Waals surface area contributed by atoms with Gasteiger partial charge in [-0.3, -0.25) is 14.6 Å². The van der Waals surface area contributed by atoms with Crippen molar-refractivity contribution in [1.82, 2.24) is 9.80 Å². The summed E-state index contributed by atoms with van der Waals surface area (Å²) in [5.74, 6) is 1.40. The van der Waals surface area contributed by atoms with Crippen molar-refractivity contribution in [2.24, 2.45) is 0 Å². The zero-order valence-corrected chi connectivity index (χ0v) is 16.5. The topological polar surface area (TPSA) is 54.0 Å². The van der Waals surface area contributed by atoms with E-state index in [1.54, 1.807) is 0 Å². The number of rotatable bonds is 5. The van der Waals surface area contributed by atoms with Crippen molar-refractivity contribution in [2.75, 3.05) is 38.3 Å². The van der Waals surface area contributed by atoms with E-state index in [0.29, 0.717) is 5.75 Å². The van der Waals surface area contributed by atoms with E-state index in [1.807, 2.05) is 25.1 Å². The number of piperazine rings is 1. The average molecular weight is 381 g/mol. The smallest absolute Gasteiger partial charge is 0.241 e. The molecule has 1 saturated heterocycles. The van der Waals surface area contributed by atoms with Crippen LogP contribution in [0.25, 0.3) is 0 Å². The molecule has 2 aliphatic rings. The largest absolute Gasteiger partial charge is 0.454 e. The molecule has 2 aliphatic heterocycles. The third-order valence-electron chi connectivity index (χ3n) is 5.46. The summed E-state index contributed by atoms with van der Waals surface area (Å²) in [6, 6.07) is 14.0. The minimum atomic E-state index is -0.174. The first-order chi connectivity index (χ1) is 13.6. The molecule has 0 radical (unpaired) electrons. The molecular weight excluding hydrogens is 354 g/mol. The Labute approximate surface area is 166 Å². The first-order valence-electron chi connectivity index (χ1n) is 9.81. The maximum atomic E-state index is 12.7. The van der Waals surface area contributed by atoms with Crippen molar-refractivity contribution in [1.29, 1.82) is 0 Å². The summed E-state index contributed by atoms with van der Waals surface area (Å²) in [6.45, 7) is 9.01. The van der Waals surface area contributed by atoms with Gasteiger partial charge in [0.2, 0.25) is 12.7 Å². The molecule has 2 aromatic carbocycles. The van der Waals surface area contributed by atoms with Crippen LogP contribution in [0.2, 0.25) is 0 Å². The van der Waals surface area contributed by atoms with Gasteiger partial charge in [-0.05, 0) is 31.5 Å². The van der Waals surface area contributed by atoms with E-state index in [0.717, 1.165) is 44.2 Å². The Kier molecular flexibility index (Phi) is 5.50. The SMILES string of the molecule is Cc1cccc(CN2CCN([C@H](C)C(=O)Nc3ccc4c(c3)OCO4)CC2)c1. The van der Waals surface area contributed by atoms with E-state index in [2.05, 4.69) is 46.3 Å². The number of aryl methyl sites for hydroxylation is 1. The van der Waals surface area contributed by atoms with E-state index < -0.39 is 0 Å². The Bertz CT molecular complexity index is 847. The first kappa shape index (κ1) is 18.8. The number of carbonyl (C=O) groups excluding carboxylic acids is 1. The second-order valence-electron chi connectivity index (χ2n) is 7.53. The van der Waals surface area contributed by atoms with Crippen LogP contribution in [-0.4, -0.2) is 54.7 Å². The predicted molar refractivity (Wildman–Crippen MR) is 109 cm³/mol. The van der Waals surface area contributed by atoms with Crippen molar-refractivity contribution >= 4 is 11.6 Å². The highest BCUT2D eigenvalue weighted by atomic mass is 16.7. The van der Waals surface area contributed by atoms with E-state index in [4.69, 9.17) is 9.47 Å². The van der Waals surface area contributed by atoms with Crippen molar-refractivity contribution in [2.45, 2.75) is 26.4 Å². The van der Waals surface area contributed by atoms with Gasteiger partial charge in [-0.1, -0.05) is 29.8 Å². The Morgan fingerprint density at radius 1 is 1.07 bits per heavy atom.